The van der Waals surface area contributed by atoms with E-state index in [1.165, 1.54) is 0 Å². The van der Waals surface area contributed by atoms with Crippen LogP contribution < -0.4 is 0 Å². The van der Waals surface area contributed by atoms with Crippen LogP contribution in [-0.4, -0.2) is 18.3 Å². The van der Waals surface area contributed by atoms with Gasteiger partial charge in [0, 0.05) is 12.2 Å². The van der Waals surface area contributed by atoms with Crippen LogP contribution in [0.3, 0.4) is 0 Å². The first-order valence-electron chi connectivity index (χ1n) is 4.86. The molecule has 1 aromatic rings. The van der Waals surface area contributed by atoms with Gasteiger partial charge in [-0.2, -0.15) is 0 Å². The lowest BCUT2D eigenvalue weighted by atomic mass is 10.1. The number of benzene rings is 1. The quantitative estimate of drug-likeness (QED) is 0.766. The van der Waals surface area contributed by atoms with Crippen LogP contribution >= 0.6 is 0 Å². The summed E-state index contributed by atoms with van der Waals surface area (Å²) in [5.41, 5.74) is -0.0638. The van der Waals surface area contributed by atoms with E-state index in [0.717, 1.165) is 24.6 Å². The van der Waals surface area contributed by atoms with Gasteiger partial charge in [-0.05, 0) is 24.6 Å². The minimum absolute atomic E-state index is 0.0196. The Balaban J connectivity index is 2.64. The molecule has 1 N–H and O–H groups in total. The molecule has 0 heterocycles. The molecule has 0 aliphatic heterocycles. The van der Waals surface area contributed by atoms with Gasteiger partial charge in [0.05, 0.1) is 6.61 Å². The Morgan fingerprint density at radius 3 is 2.80 bits per heavy atom. The van der Waals surface area contributed by atoms with Crippen LogP contribution in [0.5, 0.6) is 0 Å². The van der Waals surface area contributed by atoms with Crippen molar-refractivity contribution in [3.63, 3.8) is 0 Å². The maximum atomic E-state index is 13.1. The lowest BCUT2D eigenvalue weighted by Gasteiger charge is -2.12. The van der Waals surface area contributed by atoms with Crippen molar-refractivity contribution in [2.24, 2.45) is 0 Å². The molecule has 0 spiro atoms. The van der Waals surface area contributed by atoms with Gasteiger partial charge in [0.25, 0.3) is 0 Å². The van der Waals surface area contributed by atoms with Crippen LogP contribution in [0.25, 0.3) is 0 Å². The fraction of sp³-hybridized carbons (Fsp3) is 0.455. The van der Waals surface area contributed by atoms with E-state index in [-0.39, 0.29) is 12.2 Å². The molecule has 0 amide bonds. The third-order valence-corrected chi connectivity index (χ3v) is 1.94. The zero-order valence-corrected chi connectivity index (χ0v) is 8.54. The summed E-state index contributed by atoms with van der Waals surface area (Å²) in [5, 5.41) is 9.52. The van der Waals surface area contributed by atoms with E-state index in [2.05, 4.69) is 0 Å². The normalized spacial score (nSPS) is 12.8. The second-order valence-corrected chi connectivity index (χ2v) is 3.26. The molecule has 1 unspecified atom stereocenters. The van der Waals surface area contributed by atoms with E-state index in [9.17, 15) is 13.9 Å². The summed E-state index contributed by atoms with van der Waals surface area (Å²) < 4.78 is 31.0. The molecule has 1 aromatic carbocycles. The largest absolute Gasteiger partial charge is 0.386 e. The van der Waals surface area contributed by atoms with Crippen molar-refractivity contribution in [2.75, 3.05) is 13.2 Å². The predicted octanol–water partition coefficient (Wildman–Crippen LogP) is 2.42. The van der Waals surface area contributed by atoms with Gasteiger partial charge < -0.3 is 9.84 Å². The topological polar surface area (TPSA) is 29.5 Å². The average Bonchev–Trinajstić information content (AvgIpc) is 2.22. The zero-order chi connectivity index (χ0) is 11.3. The van der Waals surface area contributed by atoms with Gasteiger partial charge in [-0.15, -0.1) is 0 Å². The molecular formula is C11H14F2O2. The molecule has 84 valence electrons. The molecule has 0 radical (unpaired) electrons. The summed E-state index contributed by atoms with van der Waals surface area (Å²) in [4.78, 5) is 0. The van der Waals surface area contributed by atoms with Crippen LogP contribution in [0, 0.1) is 11.6 Å². The number of ether oxygens (including phenoxy) is 1. The Hall–Kier alpha value is -1.00. The van der Waals surface area contributed by atoms with Crippen molar-refractivity contribution >= 4 is 0 Å². The van der Waals surface area contributed by atoms with Gasteiger partial charge in [-0.25, -0.2) is 8.78 Å². The summed E-state index contributed by atoms with van der Waals surface area (Å²) in [7, 11) is 0. The highest BCUT2D eigenvalue weighted by atomic mass is 19.1. The molecule has 4 heteroatoms. The van der Waals surface area contributed by atoms with Crippen LogP contribution in [-0.2, 0) is 4.74 Å². The molecule has 2 nitrogen and oxygen atoms in total. The molecule has 0 bridgehead atoms. The fourth-order valence-corrected chi connectivity index (χ4v) is 1.20. The maximum Gasteiger partial charge on any atom is 0.129 e. The summed E-state index contributed by atoms with van der Waals surface area (Å²) in [6, 6.07) is 2.99. The van der Waals surface area contributed by atoms with E-state index in [1.54, 1.807) is 0 Å². The minimum Gasteiger partial charge on any atom is -0.386 e. The molecule has 15 heavy (non-hydrogen) atoms. The molecule has 0 saturated carbocycles. The molecular weight excluding hydrogens is 202 g/mol. The van der Waals surface area contributed by atoms with Crippen molar-refractivity contribution in [1.82, 2.24) is 0 Å². The van der Waals surface area contributed by atoms with E-state index in [0.29, 0.717) is 6.61 Å². The first kappa shape index (κ1) is 12.1. The monoisotopic (exact) mass is 216 g/mol. The number of halogens is 2. The van der Waals surface area contributed by atoms with Crippen LogP contribution in [0.2, 0.25) is 0 Å². The Morgan fingerprint density at radius 2 is 2.13 bits per heavy atom. The number of hydrogen-bond acceptors (Lipinski definition) is 2. The van der Waals surface area contributed by atoms with E-state index in [1.807, 2.05) is 6.92 Å². The van der Waals surface area contributed by atoms with Gasteiger partial charge in [0.2, 0.25) is 0 Å². The Bertz CT molecular complexity index is 315. The Morgan fingerprint density at radius 1 is 1.40 bits per heavy atom. The summed E-state index contributed by atoms with van der Waals surface area (Å²) >= 11 is 0. The van der Waals surface area contributed by atoms with E-state index in [4.69, 9.17) is 4.74 Å². The van der Waals surface area contributed by atoms with Gasteiger partial charge >= 0.3 is 0 Å². The smallest absolute Gasteiger partial charge is 0.129 e. The number of aliphatic hydroxyl groups is 1. The fourth-order valence-electron chi connectivity index (χ4n) is 1.20. The standard InChI is InChI=1S/C11H14F2O2/c1-2-5-15-7-11(14)9-6-8(12)3-4-10(9)13/h3-4,6,11,14H,2,5,7H2,1H3. The number of hydrogen-bond donors (Lipinski definition) is 1. The summed E-state index contributed by atoms with van der Waals surface area (Å²) in [5.74, 6) is -1.19. The molecule has 0 saturated heterocycles. The Labute approximate surface area is 87.5 Å². The van der Waals surface area contributed by atoms with Crippen LogP contribution in [0.1, 0.15) is 25.0 Å². The summed E-state index contributed by atoms with van der Waals surface area (Å²) in [6.45, 7) is 2.40. The SMILES string of the molecule is CCCOCC(O)c1cc(F)ccc1F. The second-order valence-electron chi connectivity index (χ2n) is 3.26. The Kier molecular flexibility index (Phi) is 4.65. The number of rotatable bonds is 5. The van der Waals surface area contributed by atoms with Gasteiger partial charge in [-0.3, -0.25) is 0 Å². The van der Waals surface area contributed by atoms with Gasteiger partial charge in [0.1, 0.15) is 17.7 Å². The minimum atomic E-state index is -1.12. The first-order chi connectivity index (χ1) is 7.15. The zero-order valence-electron chi connectivity index (χ0n) is 8.54. The molecule has 0 aliphatic carbocycles. The first-order valence-corrected chi connectivity index (χ1v) is 4.86. The van der Waals surface area contributed by atoms with Crippen molar-refractivity contribution < 1.29 is 18.6 Å². The molecule has 1 atom stereocenters. The maximum absolute atomic E-state index is 13.1. The highest BCUT2D eigenvalue weighted by molar-refractivity contribution is 5.21. The molecule has 0 fully saturated rings. The third-order valence-electron chi connectivity index (χ3n) is 1.94. The number of aliphatic hydroxyl groups excluding tert-OH is 1. The molecule has 0 aliphatic rings. The average molecular weight is 216 g/mol. The van der Waals surface area contributed by atoms with Gasteiger partial charge in [0.15, 0.2) is 0 Å². The van der Waals surface area contributed by atoms with Gasteiger partial charge in [-0.1, -0.05) is 6.92 Å². The van der Waals surface area contributed by atoms with Crippen molar-refractivity contribution in [3.05, 3.63) is 35.4 Å². The van der Waals surface area contributed by atoms with Crippen molar-refractivity contribution in [2.45, 2.75) is 19.4 Å². The van der Waals surface area contributed by atoms with E-state index >= 15 is 0 Å². The van der Waals surface area contributed by atoms with E-state index < -0.39 is 17.7 Å². The summed E-state index contributed by atoms with van der Waals surface area (Å²) in [6.07, 6.45) is -0.300. The van der Waals surface area contributed by atoms with Crippen molar-refractivity contribution in [1.29, 1.82) is 0 Å². The second kappa shape index (κ2) is 5.78. The third kappa shape index (κ3) is 3.57. The predicted molar refractivity (Wildman–Crippen MR) is 52.4 cm³/mol. The lowest BCUT2D eigenvalue weighted by Crippen LogP contribution is -2.09. The lowest BCUT2D eigenvalue weighted by molar-refractivity contribution is 0.0344. The van der Waals surface area contributed by atoms with Crippen LogP contribution in [0.15, 0.2) is 18.2 Å². The van der Waals surface area contributed by atoms with Crippen LogP contribution in [0.4, 0.5) is 8.78 Å². The molecule has 1 rings (SSSR count). The molecule has 0 aromatic heterocycles. The highest BCUT2D eigenvalue weighted by Crippen LogP contribution is 2.18. The highest BCUT2D eigenvalue weighted by Gasteiger charge is 2.13. The van der Waals surface area contributed by atoms with Crippen molar-refractivity contribution in [3.8, 4) is 0 Å².